The first kappa shape index (κ1) is 16.3. The zero-order valence-corrected chi connectivity index (χ0v) is 13.7. The lowest BCUT2D eigenvalue weighted by molar-refractivity contribution is 0.0950. The van der Waals surface area contributed by atoms with Crippen molar-refractivity contribution in [2.75, 3.05) is 6.79 Å². The van der Waals surface area contributed by atoms with Crippen LogP contribution in [-0.4, -0.2) is 21.1 Å². The number of hydrogen-bond acceptors (Lipinski definition) is 5. The molecule has 126 valence electrons. The van der Waals surface area contributed by atoms with E-state index in [-0.39, 0.29) is 29.7 Å². The fourth-order valence-corrected chi connectivity index (χ4v) is 2.89. The molecular formula is C16H16N2O5S. The summed E-state index contributed by atoms with van der Waals surface area (Å²) < 4.78 is 33.4. The predicted octanol–water partition coefficient (Wildman–Crippen LogP) is 1.30. The summed E-state index contributed by atoms with van der Waals surface area (Å²) in [7, 11) is -3.86. The van der Waals surface area contributed by atoms with Gasteiger partial charge in [-0.3, -0.25) is 4.79 Å². The van der Waals surface area contributed by atoms with Gasteiger partial charge in [0.1, 0.15) is 0 Å². The van der Waals surface area contributed by atoms with Crippen molar-refractivity contribution in [3.63, 3.8) is 0 Å². The monoisotopic (exact) mass is 348 g/mol. The zero-order chi connectivity index (χ0) is 17.3. The van der Waals surface area contributed by atoms with E-state index in [4.69, 9.17) is 14.6 Å². The number of primary sulfonamides is 1. The van der Waals surface area contributed by atoms with Crippen LogP contribution in [0.2, 0.25) is 0 Å². The zero-order valence-electron chi connectivity index (χ0n) is 12.9. The highest BCUT2D eigenvalue weighted by molar-refractivity contribution is 7.89. The average Bonchev–Trinajstić information content (AvgIpc) is 2.99. The van der Waals surface area contributed by atoms with E-state index >= 15 is 0 Å². The number of ether oxygens (including phenoxy) is 2. The second-order valence-corrected chi connectivity index (χ2v) is 6.95. The third kappa shape index (κ3) is 3.34. The van der Waals surface area contributed by atoms with Crippen molar-refractivity contribution in [1.82, 2.24) is 5.32 Å². The first-order chi connectivity index (χ1) is 11.3. The maximum Gasteiger partial charge on any atom is 0.251 e. The van der Waals surface area contributed by atoms with E-state index in [0.29, 0.717) is 17.1 Å². The lowest BCUT2D eigenvalue weighted by Gasteiger charge is -2.10. The molecule has 7 nitrogen and oxygen atoms in total. The third-order valence-electron chi connectivity index (χ3n) is 3.67. The molecule has 24 heavy (non-hydrogen) atoms. The van der Waals surface area contributed by atoms with Crippen molar-refractivity contribution >= 4 is 15.9 Å². The SMILES string of the molecule is Cc1ccc(S(N)(=O)=O)cc1C(=O)NCc1ccc2c(c1)OCO2. The largest absolute Gasteiger partial charge is 0.454 e. The van der Waals surface area contributed by atoms with Crippen molar-refractivity contribution in [1.29, 1.82) is 0 Å². The van der Waals surface area contributed by atoms with Crippen LogP contribution >= 0.6 is 0 Å². The van der Waals surface area contributed by atoms with Gasteiger partial charge in [0.2, 0.25) is 16.8 Å². The molecule has 3 N–H and O–H groups in total. The molecular weight excluding hydrogens is 332 g/mol. The highest BCUT2D eigenvalue weighted by Crippen LogP contribution is 2.32. The maximum absolute atomic E-state index is 12.3. The Hall–Kier alpha value is -2.58. The molecule has 0 aliphatic carbocycles. The fraction of sp³-hybridized carbons (Fsp3) is 0.188. The van der Waals surface area contributed by atoms with Gasteiger partial charge in [0.15, 0.2) is 11.5 Å². The molecule has 3 rings (SSSR count). The molecule has 1 aliphatic heterocycles. The summed E-state index contributed by atoms with van der Waals surface area (Å²) in [6.07, 6.45) is 0. The second kappa shape index (κ2) is 6.14. The lowest BCUT2D eigenvalue weighted by atomic mass is 10.1. The molecule has 8 heteroatoms. The number of hydrogen-bond donors (Lipinski definition) is 2. The summed E-state index contributed by atoms with van der Waals surface area (Å²) in [5.74, 6) is 0.923. The van der Waals surface area contributed by atoms with Gasteiger partial charge in [0, 0.05) is 12.1 Å². The van der Waals surface area contributed by atoms with Gasteiger partial charge in [-0.05, 0) is 42.3 Å². The van der Waals surface area contributed by atoms with Crippen LogP contribution < -0.4 is 19.9 Å². The fourth-order valence-electron chi connectivity index (χ4n) is 2.35. The van der Waals surface area contributed by atoms with E-state index in [0.717, 1.165) is 5.56 Å². The van der Waals surface area contributed by atoms with Crippen molar-refractivity contribution in [2.24, 2.45) is 5.14 Å². The minimum Gasteiger partial charge on any atom is -0.454 e. The standard InChI is InChI=1S/C16H16N2O5S/c1-10-2-4-12(24(17,20)21)7-13(10)16(19)18-8-11-3-5-14-15(6-11)23-9-22-14/h2-7H,8-9H2,1H3,(H,18,19)(H2,17,20,21). The van der Waals surface area contributed by atoms with Crippen LogP contribution in [0.25, 0.3) is 0 Å². The third-order valence-corrected chi connectivity index (χ3v) is 4.58. The molecule has 0 atom stereocenters. The van der Waals surface area contributed by atoms with Gasteiger partial charge in [-0.25, -0.2) is 13.6 Å². The van der Waals surface area contributed by atoms with E-state index in [9.17, 15) is 13.2 Å². The Labute approximate surface area is 139 Å². The molecule has 1 amide bonds. The highest BCUT2D eigenvalue weighted by atomic mass is 32.2. The van der Waals surface area contributed by atoms with Gasteiger partial charge in [-0.2, -0.15) is 0 Å². The molecule has 0 spiro atoms. The molecule has 2 aromatic carbocycles. The van der Waals surface area contributed by atoms with Gasteiger partial charge in [-0.15, -0.1) is 0 Å². The van der Waals surface area contributed by atoms with Crippen molar-refractivity contribution in [2.45, 2.75) is 18.4 Å². The molecule has 0 unspecified atom stereocenters. The topological polar surface area (TPSA) is 108 Å². The predicted molar refractivity (Wildman–Crippen MR) is 86.3 cm³/mol. The summed E-state index contributed by atoms with van der Waals surface area (Å²) in [5, 5.41) is 7.86. The lowest BCUT2D eigenvalue weighted by Crippen LogP contribution is -2.24. The van der Waals surface area contributed by atoms with Gasteiger partial charge >= 0.3 is 0 Å². The number of aryl methyl sites for hydroxylation is 1. The van der Waals surface area contributed by atoms with Crippen molar-refractivity contribution in [3.8, 4) is 11.5 Å². The van der Waals surface area contributed by atoms with Crippen LogP contribution in [-0.2, 0) is 16.6 Å². The number of nitrogens with one attached hydrogen (secondary N) is 1. The number of carbonyl (C=O) groups is 1. The van der Waals surface area contributed by atoms with Gasteiger partial charge in [0.05, 0.1) is 4.90 Å². The van der Waals surface area contributed by atoms with Crippen LogP contribution in [0.1, 0.15) is 21.5 Å². The van der Waals surface area contributed by atoms with Crippen LogP contribution in [0.4, 0.5) is 0 Å². The number of sulfonamides is 1. The smallest absolute Gasteiger partial charge is 0.251 e. The molecule has 2 aromatic rings. The van der Waals surface area contributed by atoms with Crippen LogP contribution in [0, 0.1) is 6.92 Å². The Morgan fingerprint density at radius 2 is 1.92 bits per heavy atom. The number of rotatable bonds is 4. The average molecular weight is 348 g/mol. The normalized spacial score (nSPS) is 12.9. The number of benzene rings is 2. The molecule has 0 radical (unpaired) electrons. The van der Waals surface area contributed by atoms with Crippen LogP contribution in [0.3, 0.4) is 0 Å². The molecule has 1 aliphatic rings. The summed E-state index contributed by atoms with van der Waals surface area (Å²) in [5.41, 5.74) is 1.76. The molecule has 0 fully saturated rings. The summed E-state index contributed by atoms with van der Waals surface area (Å²) >= 11 is 0. The van der Waals surface area contributed by atoms with Crippen LogP contribution in [0.15, 0.2) is 41.3 Å². The molecule has 0 saturated carbocycles. The summed E-state index contributed by atoms with van der Waals surface area (Å²) in [6.45, 7) is 2.18. The van der Waals surface area contributed by atoms with E-state index < -0.39 is 10.0 Å². The molecule has 0 bridgehead atoms. The van der Waals surface area contributed by atoms with Gasteiger partial charge in [-0.1, -0.05) is 12.1 Å². The first-order valence-electron chi connectivity index (χ1n) is 7.15. The summed E-state index contributed by atoms with van der Waals surface area (Å²) in [4.78, 5) is 12.3. The maximum atomic E-state index is 12.3. The van der Waals surface area contributed by atoms with Gasteiger partial charge in [0.25, 0.3) is 5.91 Å². The van der Waals surface area contributed by atoms with E-state index in [1.165, 1.54) is 12.1 Å². The minimum absolute atomic E-state index is 0.0960. The Balaban J connectivity index is 1.75. The van der Waals surface area contributed by atoms with Gasteiger partial charge < -0.3 is 14.8 Å². The Kier molecular flexibility index (Phi) is 4.16. The molecule has 1 heterocycles. The van der Waals surface area contributed by atoms with E-state index in [1.807, 2.05) is 6.07 Å². The number of amides is 1. The second-order valence-electron chi connectivity index (χ2n) is 5.39. The quantitative estimate of drug-likeness (QED) is 0.866. The van der Waals surface area contributed by atoms with E-state index in [1.54, 1.807) is 25.1 Å². The van der Waals surface area contributed by atoms with Crippen molar-refractivity contribution < 1.29 is 22.7 Å². The number of carbonyl (C=O) groups excluding carboxylic acids is 1. The molecule has 0 saturated heterocycles. The Bertz CT molecular complexity index is 909. The molecule has 0 aromatic heterocycles. The first-order valence-corrected chi connectivity index (χ1v) is 8.69. The minimum atomic E-state index is -3.86. The summed E-state index contributed by atoms with van der Waals surface area (Å²) in [6, 6.07) is 9.59. The Morgan fingerprint density at radius 1 is 1.17 bits per heavy atom. The van der Waals surface area contributed by atoms with Crippen LogP contribution in [0.5, 0.6) is 11.5 Å². The highest BCUT2D eigenvalue weighted by Gasteiger charge is 2.16. The Morgan fingerprint density at radius 3 is 2.67 bits per heavy atom. The van der Waals surface area contributed by atoms with Crippen molar-refractivity contribution in [3.05, 3.63) is 53.1 Å². The number of fused-ring (bicyclic) bond motifs is 1. The number of nitrogens with two attached hydrogens (primary N) is 1. The van der Waals surface area contributed by atoms with E-state index in [2.05, 4.69) is 5.32 Å².